The summed E-state index contributed by atoms with van der Waals surface area (Å²) in [5.41, 5.74) is 2.33. The van der Waals surface area contributed by atoms with Crippen molar-refractivity contribution in [1.29, 1.82) is 0 Å². The van der Waals surface area contributed by atoms with Gasteiger partial charge in [-0.3, -0.25) is 5.32 Å². The number of hydrogen-bond donors (Lipinski definition) is 3. The Hall–Kier alpha value is -3.80. The van der Waals surface area contributed by atoms with Crippen LogP contribution in [0.5, 0.6) is 5.75 Å². The van der Waals surface area contributed by atoms with Gasteiger partial charge in [-0.1, -0.05) is 61.0 Å². The van der Waals surface area contributed by atoms with Gasteiger partial charge in [0.05, 0.1) is 0 Å². The van der Waals surface area contributed by atoms with E-state index in [1.807, 2.05) is 31.2 Å². The largest absolute Gasteiger partial charge is 0.507 e. The van der Waals surface area contributed by atoms with E-state index in [-0.39, 0.29) is 5.75 Å². The molecular weight excluding hydrogens is 382 g/mol. The fourth-order valence-corrected chi connectivity index (χ4v) is 3.24. The van der Waals surface area contributed by atoms with E-state index in [4.69, 9.17) is 9.84 Å². The van der Waals surface area contributed by atoms with E-state index in [0.29, 0.717) is 16.6 Å². The second-order valence-corrected chi connectivity index (χ2v) is 7.09. The Bertz CT molecular complexity index is 1090. The lowest BCUT2D eigenvalue weighted by molar-refractivity contribution is -0.131. The summed E-state index contributed by atoms with van der Waals surface area (Å²) in [6, 6.07) is 17.8. The Morgan fingerprint density at radius 2 is 1.67 bits per heavy atom. The number of carbonyl (C=O) groups is 2. The van der Waals surface area contributed by atoms with Crippen LogP contribution >= 0.6 is 0 Å². The predicted octanol–water partition coefficient (Wildman–Crippen LogP) is 5.42. The average molecular weight is 405 g/mol. The number of carbonyl (C=O) groups excluding carboxylic acids is 1. The third kappa shape index (κ3) is 4.97. The number of anilines is 1. The molecule has 0 spiro atoms. The van der Waals surface area contributed by atoms with Crippen LogP contribution in [0.2, 0.25) is 0 Å². The molecule has 0 aliphatic rings. The lowest BCUT2D eigenvalue weighted by atomic mass is 9.92. The maximum atomic E-state index is 12.6. The Labute approximate surface area is 174 Å². The number of hydrogen-bond acceptors (Lipinski definition) is 4. The van der Waals surface area contributed by atoms with Crippen LogP contribution in [0.4, 0.5) is 10.5 Å². The topological polar surface area (TPSA) is 95.9 Å². The summed E-state index contributed by atoms with van der Waals surface area (Å²) in [5, 5.41) is 23.2. The molecule has 3 aromatic carbocycles. The summed E-state index contributed by atoms with van der Waals surface area (Å²) in [7, 11) is 0. The predicted molar refractivity (Wildman–Crippen MR) is 116 cm³/mol. The normalized spacial score (nSPS) is 13.1. The van der Waals surface area contributed by atoms with Crippen molar-refractivity contribution in [3.8, 4) is 5.75 Å². The van der Waals surface area contributed by atoms with Crippen molar-refractivity contribution >= 4 is 28.5 Å². The smallest absolute Gasteiger partial charge is 0.412 e. The molecule has 0 unspecified atom stereocenters. The first-order valence-electron chi connectivity index (χ1n) is 9.51. The van der Waals surface area contributed by atoms with Gasteiger partial charge in [-0.25, -0.2) is 9.59 Å². The number of ether oxygens (including phenoxy) is 1. The van der Waals surface area contributed by atoms with Gasteiger partial charge in [-0.05, 0) is 30.5 Å². The second kappa shape index (κ2) is 9.13. The zero-order valence-corrected chi connectivity index (χ0v) is 16.7. The monoisotopic (exact) mass is 405 g/mol. The van der Waals surface area contributed by atoms with Gasteiger partial charge in [0.25, 0.3) is 0 Å². The molecule has 0 saturated carbocycles. The molecule has 3 rings (SSSR count). The summed E-state index contributed by atoms with van der Waals surface area (Å²) in [6.07, 6.45) is 1.09. The standard InChI is InChI=1S/C24H23NO5/c1-15-7-10-17(11-8-15)25-24(29)30-23(16(2)9-14-22(27)28)20-12-13-21(26)19-6-4-3-5-18(19)20/h3-14,16,23,26H,1-2H3,(H,25,29)(H,27,28)/b14-9+/t16-,23+/m0/s1. The van der Waals surface area contributed by atoms with E-state index in [2.05, 4.69) is 5.32 Å². The van der Waals surface area contributed by atoms with Gasteiger partial charge >= 0.3 is 12.1 Å². The van der Waals surface area contributed by atoms with Crippen molar-refractivity contribution < 1.29 is 24.5 Å². The Morgan fingerprint density at radius 3 is 2.33 bits per heavy atom. The molecule has 0 aliphatic carbocycles. The lowest BCUT2D eigenvalue weighted by Gasteiger charge is -2.24. The zero-order chi connectivity index (χ0) is 21.7. The van der Waals surface area contributed by atoms with Crippen LogP contribution < -0.4 is 5.32 Å². The summed E-state index contributed by atoms with van der Waals surface area (Å²) in [6.45, 7) is 3.72. The maximum absolute atomic E-state index is 12.6. The fourth-order valence-electron chi connectivity index (χ4n) is 3.24. The summed E-state index contributed by atoms with van der Waals surface area (Å²) >= 11 is 0. The van der Waals surface area contributed by atoms with Crippen molar-refractivity contribution in [3.05, 3.63) is 83.9 Å². The molecule has 2 atom stereocenters. The number of phenolic OH excluding ortho intramolecular Hbond substituents is 1. The first kappa shape index (κ1) is 20.9. The third-order valence-corrected chi connectivity index (χ3v) is 4.79. The minimum atomic E-state index is -1.08. The summed E-state index contributed by atoms with van der Waals surface area (Å²) in [4.78, 5) is 23.6. The van der Waals surface area contributed by atoms with Crippen molar-refractivity contribution in [1.82, 2.24) is 0 Å². The molecule has 0 radical (unpaired) electrons. The van der Waals surface area contributed by atoms with E-state index in [0.717, 1.165) is 17.0 Å². The molecule has 1 amide bonds. The van der Waals surface area contributed by atoms with Crippen LogP contribution in [0.3, 0.4) is 0 Å². The quantitative estimate of drug-likeness (QED) is 0.476. The highest BCUT2D eigenvalue weighted by molar-refractivity contribution is 5.91. The molecule has 6 nitrogen and oxygen atoms in total. The fraction of sp³-hybridized carbons (Fsp3) is 0.167. The van der Waals surface area contributed by atoms with E-state index in [9.17, 15) is 14.7 Å². The number of aliphatic carboxylic acids is 1. The van der Waals surface area contributed by atoms with Gasteiger partial charge in [0, 0.05) is 28.6 Å². The van der Waals surface area contributed by atoms with Crippen molar-refractivity contribution in [3.63, 3.8) is 0 Å². The van der Waals surface area contributed by atoms with E-state index in [1.54, 1.807) is 43.3 Å². The van der Waals surface area contributed by atoms with Gasteiger partial charge in [0.15, 0.2) is 0 Å². The van der Waals surface area contributed by atoms with Crippen LogP contribution in [0, 0.1) is 12.8 Å². The number of amides is 1. The van der Waals surface area contributed by atoms with Crippen LogP contribution in [0.15, 0.2) is 72.8 Å². The average Bonchev–Trinajstić information content (AvgIpc) is 2.73. The van der Waals surface area contributed by atoms with Crippen LogP contribution in [0.1, 0.15) is 24.2 Å². The van der Waals surface area contributed by atoms with Gasteiger partial charge in [0.1, 0.15) is 11.9 Å². The molecule has 0 heterocycles. The third-order valence-electron chi connectivity index (χ3n) is 4.79. The molecule has 0 fully saturated rings. The number of aromatic hydroxyl groups is 1. The number of carboxylic acid groups (broad SMARTS) is 1. The molecule has 6 heteroatoms. The summed E-state index contributed by atoms with van der Waals surface area (Å²) < 4.78 is 5.74. The molecule has 0 bridgehead atoms. The van der Waals surface area contributed by atoms with Gasteiger partial charge in [0.2, 0.25) is 0 Å². The highest BCUT2D eigenvalue weighted by Gasteiger charge is 2.25. The van der Waals surface area contributed by atoms with Gasteiger partial charge in [-0.2, -0.15) is 0 Å². The number of fused-ring (bicyclic) bond motifs is 1. The molecular formula is C24H23NO5. The number of nitrogens with one attached hydrogen (secondary N) is 1. The highest BCUT2D eigenvalue weighted by Crippen LogP contribution is 2.36. The SMILES string of the molecule is Cc1ccc(NC(=O)O[C@@H](c2ccc(O)c3ccccc23)[C@@H](C)/C=C/C(=O)O)cc1. The molecule has 0 saturated heterocycles. The number of benzene rings is 3. The van der Waals surface area contributed by atoms with Gasteiger partial charge < -0.3 is 14.9 Å². The van der Waals surface area contributed by atoms with Crippen LogP contribution in [-0.4, -0.2) is 22.3 Å². The van der Waals surface area contributed by atoms with Crippen molar-refractivity contribution in [2.75, 3.05) is 5.32 Å². The Morgan fingerprint density at radius 1 is 1.00 bits per heavy atom. The van der Waals surface area contributed by atoms with E-state index >= 15 is 0 Å². The zero-order valence-electron chi connectivity index (χ0n) is 16.7. The Kier molecular flexibility index (Phi) is 6.37. The molecule has 0 aromatic heterocycles. The first-order valence-corrected chi connectivity index (χ1v) is 9.51. The molecule has 0 aliphatic heterocycles. The molecule has 154 valence electrons. The van der Waals surface area contributed by atoms with E-state index in [1.165, 1.54) is 6.08 Å². The maximum Gasteiger partial charge on any atom is 0.412 e. The van der Waals surface area contributed by atoms with Gasteiger partial charge in [-0.15, -0.1) is 0 Å². The number of rotatable bonds is 6. The van der Waals surface area contributed by atoms with Crippen LogP contribution in [0.25, 0.3) is 10.8 Å². The minimum absolute atomic E-state index is 0.117. The van der Waals surface area contributed by atoms with Crippen molar-refractivity contribution in [2.24, 2.45) is 5.92 Å². The summed E-state index contributed by atoms with van der Waals surface area (Å²) in [5.74, 6) is -1.40. The van der Waals surface area contributed by atoms with E-state index < -0.39 is 24.1 Å². The first-order chi connectivity index (χ1) is 14.3. The minimum Gasteiger partial charge on any atom is -0.507 e. The number of carboxylic acids is 1. The molecule has 3 aromatic rings. The number of phenols is 1. The molecule has 3 N–H and O–H groups in total. The van der Waals surface area contributed by atoms with Crippen LogP contribution in [-0.2, 0) is 9.53 Å². The molecule has 30 heavy (non-hydrogen) atoms. The number of aryl methyl sites for hydroxylation is 1. The second-order valence-electron chi connectivity index (χ2n) is 7.09. The lowest BCUT2D eigenvalue weighted by Crippen LogP contribution is -2.21. The highest BCUT2D eigenvalue weighted by atomic mass is 16.6. The Balaban J connectivity index is 1.95. The van der Waals surface area contributed by atoms with Crippen molar-refractivity contribution in [2.45, 2.75) is 20.0 Å².